The van der Waals surface area contributed by atoms with Crippen molar-refractivity contribution in [3.63, 3.8) is 0 Å². The molecule has 0 amide bonds. The van der Waals surface area contributed by atoms with Crippen LogP contribution in [-0.2, 0) is 6.18 Å². The number of para-hydroxylation sites is 1. The fourth-order valence-corrected chi connectivity index (χ4v) is 2.61. The second-order valence-electron chi connectivity index (χ2n) is 6.15. The molecule has 2 N–H and O–H groups in total. The molecule has 0 spiro atoms. The van der Waals surface area contributed by atoms with E-state index in [1.165, 1.54) is 25.1 Å². The minimum atomic E-state index is -4.49. The largest absolute Gasteiger partial charge is 0.418 e. The normalized spacial score (nSPS) is 11.2. The van der Waals surface area contributed by atoms with Crippen LogP contribution in [0.3, 0.4) is 0 Å². The number of Topliss-reactive ketones (excluding diaryl/α,β-unsaturated/α-hetero) is 1. The van der Waals surface area contributed by atoms with Gasteiger partial charge >= 0.3 is 6.18 Å². The van der Waals surface area contributed by atoms with Crippen LogP contribution in [-0.4, -0.2) is 15.8 Å². The Kier molecular flexibility index (Phi) is 5.30. The first kappa shape index (κ1) is 19.3. The first-order valence-corrected chi connectivity index (χ1v) is 8.39. The lowest BCUT2D eigenvalue weighted by atomic mass is 10.1. The van der Waals surface area contributed by atoms with Crippen molar-refractivity contribution in [3.8, 4) is 0 Å². The van der Waals surface area contributed by atoms with Crippen molar-refractivity contribution < 1.29 is 18.0 Å². The second kappa shape index (κ2) is 7.67. The number of aromatic nitrogens is 2. The van der Waals surface area contributed by atoms with E-state index in [-0.39, 0.29) is 23.2 Å². The van der Waals surface area contributed by atoms with Crippen LogP contribution in [0.5, 0.6) is 0 Å². The molecule has 1 aromatic heterocycles. The average Bonchev–Trinajstić information content (AvgIpc) is 2.61. The Morgan fingerprint density at radius 3 is 2.43 bits per heavy atom. The molecule has 0 aliphatic carbocycles. The van der Waals surface area contributed by atoms with E-state index in [4.69, 9.17) is 0 Å². The van der Waals surface area contributed by atoms with Crippen molar-refractivity contribution in [2.45, 2.75) is 20.0 Å². The Balaban J connectivity index is 1.89. The Morgan fingerprint density at radius 2 is 1.71 bits per heavy atom. The van der Waals surface area contributed by atoms with Gasteiger partial charge in [-0.3, -0.25) is 4.79 Å². The Bertz CT molecular complexity index is 1020. The number of carbonyl (C=O) groups is 1. The van der Waals surface area contributed by atoms with E-state index < -0.39 is 11.7 Å². The first-order valence-electron chi connectivity index (χ1n) is 8.39. The van der Waals surface area contributed by atoms with Gasteiger partial charge in [0.25, 0.3) is 0 Å². The van der Waals surface area contributed by atoms with Crippen LogP contribution in [0.15, 0.2) is 54.6 Å². The number of anilines is 4. The molecule has 8 heteroatoms. The summed E-state index contributed by atoms with van der Waals surface area (Å²) in [5.74, 6) is 0.335. The van der Waals surface area contributed by atoms with Gasteiger partial charge < -0.3 is 10.6 Å². The van der Waals surface area contributed by atoms with E-state index in [1.54, 1.807) is 37.3 Å². The van der Waals surface area contributed by atoms with Crippen molar-refractivity contribution in [1.82, 2.24) is 9.97 Å². The molecule has 0 atom stereocenters. The number of nitrogens with one attached hydrogen (secondary N) is 2. The van der Waals surface area contributed by atoms with Crippen LogP contribution in [0.25, 0.3) is 0 Å². The zero-order valence-electron chi connectivity index (χ0n) is 15.1. The molecule has 144 valence electrons. The van der Waals surface area contributed by atoms with Gasteiger partial charge in [-0.15, -0.1) is 0 Å². The van der Waals surface area contributed by atoms with Gasteiger partial charge in [0.2, 0.25) is 5.95 Å². The number of aryl methyl sites for hydroxylation is 1. The number of nitrogens with zero attached hydrogens (tertiary/aromatic N) is 2. The topological polar surface area (TPSA) is 66.9 Å². The van der Waals surface area contributed by atoms with Crippen LogP contribution in [0.2, 0.25) is 0 Å². The van der Waals surface area contributed by atoms with E-state index in [9.17, 15) is 18.0 Å². The highest BCUT2D eigenvalue weighted by molar-refractivity contribution is 5.95. The van der Waals surface area contributed by atoms with Gasteiger partial charge in [-0.25, -0.2) is 4.98 Å². The van der Waals surface area contributed by atoms with Gasteiger partial charge in [-0.1, -0.05) is 24.3 Å². The van der Waals surface area contributed by atoms with Gasteiger partial charge in [0, 0.05) is 23.0 Å². The molecule has 0 fully saturated rings. The van der Waals surface area contributed by atoms with Crippen molar-refractivity contribution in [3.05, 3.63) is 71.4 Å². The van der Waals surface area contributed by atoms with Gasteiger partial charge in [-0.05, 0) is 38.1 Å². The molecule has 2 aromatic carbocycles. The third kappa shape index (κ3) is 4.64. The van der Waals surface area contributed by atoms with Gasteiger partial charge in [-0.2, -0.15) is 18.2 Å². The molecule has 1 heterocycles. The van der Waals surface area contributed by atoms with E-state index in [0.717, 1.165) is 6.07 Å². The molecule has 5 nitrogen and oxygen atoms in total. The monoisotopic (exact) mass is 386 g/mol. The van der Waals surface area contributed by atoms with E-state index in [1.807, 2.05) is 0 Å². The summed E-state index contributed by atoms with van der Waals surface area (Å²) in [4.78, 5) is 20.0. The quantitative estimate of drug-likeness (QED) is 0.567. The maximum atomic E-state index is 13.2. The summed E-state index contributed by atoms with van der Waals surface area (Å²) >= 11 is 0. The van der Waals surface area contributed by atoms with Gasteiger partial charge in [0.15, 0.2) is 5.78 Å². The standard InChI is InChI=1S/C20H17F3N4O/c1-12-10-18(26-17-9-4-3-8-16(17)20(21,22)23)27-19(24-12)25-15-7-5-6-14(11-15)13(2)28/h3-11H,1-2H3,(H2,24,25,26,27). The maximum Gasteiger partial charge on any atom is 0.418 e. The fourth-order valence-electron chi connectivity index (χ4n) is 2.61. The third-order valence-electron chi connectivity index (χ3n) is 3.87. The van der Waals surface area contributed by atoms with E-state index in [0.29, 0.717) is 16.9 Å². The van der Waals surface area contributed by atoms with Crippen LogP contribution >= 0.6 is 0 Å². The number of halogens is 3. The number of alkyl halides is 3. The number of benzene rings is 2. The molecule has 3 aromatic rings. The summed E-state index contributed by atoms with van der Waals surface area (Å²) in [6.07, 6.45) is -4.49. The molecule has 0 unspecified atom stereocenters. The summed E-state index contributed by atoms with van der Waals surface area (Å²) in [5.41, 5.74) is 0.801. The van der Waals surface area contributed by atoms with E-state index in [2.05, 4.69) is 20.6 Å². The van der Waals surface area contributed by atoms with Crippen molar-refractivity contribution in [2.75, 3.05) is 10.6 Å². The number of rotatable bonds is 5. The van der Waals surface area contributed by atoms with Gasteiger partial charge in [0.1, 0.15) is 5.82 Å². The highest BCUT2D eigenvalue weighted by Gasteiger charge is 2.33. The SMILES string of the molecule is CC(=O)c1cccc(Nc2nc(C)cc(Nc3ccccc3C(F)(F)F)n2)c1. The molecule has 0 radical (unpaired) electrons. The lowest BCUT2D eigenvalue weighted by Gasteiger charge is -2.15. The number of hydrogen-bond acceptors (Lipinski definition) is 5. The second-order valence-corrected chi connectivity index (χ2v) is 6.15. The van der Waals surface area contributed by atoms with Crippen LogP contribution in [0, 0.1) is 6.92 Å². The molecule has 0 bridgehead atoms. The van der Waals surface area contributed by atoms with Crippen molar-refractivity contribution in [1.29, 1.82) is 0 Å². The van der Waals surface area contributed by atoms with Crippen LogP contribution < -0.4 is 10.6 Å². The zero-order valence-corrected chi connectivity index (χ0v) is 15.1. The predicted octanol–water partition coefficient (Wildman–Crippen LogP) is 5.49. The zero-order chi connectivity index (χ0) is 20.3. The van der Waals surface area contributed by atoms with Crippen LogP contribution in [0.4, 0.5) is 36.3 Å². The summed E-state index contributed by atoms with van der Waals surface area (Å²) in [6.45, 7) is 3.17. The Labute approximate surface area is 159 Å². The fraction of sp³-hybridized carbons (Fsp3) is 0.150. The predicted molar refractivity (Wildman–Crippen MR) is 101 cm³/mol. The lowest BCUT2D eigenvalue weighted by molar-refractivity contribution is -0.136. The highest BCUT2D eigenvalue weighted by atomic mass is 19.4. The molecule has 0 saturated carbocycles. The van der Waals surface area contributed by atoms with Gasteiger partial charge in [0.05, 0.1) is 11.3 Å². The number of hydrogen-bond donors (Lipinski definition) is 2. The van der Waals surface area contributed by atoms with Crippen molar-refractivity contribution >= 4 is 28.9 Å². The molecule has 3 rings (SSSR count). The minimum absolute atomic E-state index is 0.0834. The molecule has 0 saturated heterocycles. The summed E-state index contributed by atoms with van der Waals surface area (Å²) < 4.78 is 39.6. The smallest absolute Gasteiger partial charge is 0.340 e. The third-order valence-corrected chi connectivity index (χ3v) is 3.87. The Hall–Kier alpha value is -3.42. The number of ketones is 1. The van der Waals surface area contributed by atoms with E-state index >= 15 is 0 Å². The average molecular weight is 386 g/mol. The number of carbonyl (C=O) groups excluding carboxylic acids is 1. The molecule has 0 aliphatic rings. The molecule has 0 aliphatic heterocycles. The van der Waals surface area contributed by atoms with Crippen molar-refractivity contribution in [2.24, 2.45) is 0 Å². The highest BCUT2D eigenvalue weighted by Crippen LogP contribution is 2.35. The minimum Gasteiger partial charge on any atom is -0.340 e. The summed E-state index contributed by atoms with van der Waals surface area (Å²) in [7, 11) is 0. The summed E-state index contributed by atoms with van der Waals surface area (Å²) in [5, 5.41) is 5.68. The lowest BCUT2D eigenvalue weighted by Crippen LogP contribution is -2.09. The van der Waals surface area contributed by atoms with Crippen LogP contribution in [0.1, 0.15) is 28.5 Å². The first-order chi connectivity index (χ1) is 13.2. The Morgan fingerprint density at radius 1 is 0.964 bits per heavy atom. The molecular formula is C20H17F3N4O. The summed E-state index contributed by atoms with van der Waals surface area (Å²) in [6, 6.07) is 13.5. The molecular weight excluding hydrogens is 369 g/mol. The maximum absolute atomic E-state index is 13.2. The molecule has 28 heavy (non-hydrogen) atoms.